The molecule has 106 valence electrons. The van der Waals surface area contributed by atoms with Gasteiger partial charge in [0.2, 0.25) is 11.9 Å². The Morgan fingerprint density at radius 1 is 1.37 bits per heavy atom. The zero-order chi connectivity index (χ0) is 14.8. The number of nitrogens with zero attached hydrogens (tertiary/aromatic N) is 2. The summed E-state index contributed by atoms with van der Waals surface area (Å²) in [6.07, 6.45) is -4.65. The van der Waals surface area contributed by atoms with Crippen molar-refractivity contribution < 1.29 is 18.0 Å². The third-order valence-corrected chi connectivity index (χ3v) is 2.31. The highest BCUT2D eigenvalue weighted by molar-refractivity contribution is 5.83. The van der Waals surface area contributed by atoms with Crippen molar-refractivity contribution in [2.24, 2.45) is 11.7 Å². The summed E-state index contributed by atoms with van der Waals surface area (Å²) in [7, 11) is 0. The van der Waals surface area contributed by atoms with Crippen molar-refractivity contribution in [1.82, 2.24) is 9.97 Å². The Bertz CT molecular complexity index is 475. The van der Waals surface area contributed by atoms with Crippen molar-refractivity contribution in [2.75, 3.05) is 11.1 Å². The number of primary amides is 1. The molecule has 1 unspecified atom stereocenters. The van der Waals surface area contributed by atoms with E-state index in [2.05, 4.69) is 15.3 Å². The van der Waals surface area contributed by atoms with E-state index in [1.54, 1.807) is 13.8 Å². The van der Waals surface area contributed by atoms with E-state index in [-0.39, 0.29) is 11.7 Å². The van der Waals surface area contributed by atoms with Gasteiger partial charge in [0.05, 0.1) is 0 Å². The highest BCUT2D eigenvalue weighted by Gasteiger charge is 2.34. The number of anilines is 2. The van der Waals surface area contributed by atoms with Gasteiger partial charge in [-0.3, -0.25) is 4.79 Å². The van der Waals surface area contributed by atoms with E-state index in [4.69, 9.17) is 11.5 Å². The summed E-state index contributed by atoms with van der Waals surface area (Å²) in [5.41, 5.74) is 9.17. The minimum atomic E-state index is -4.65. The highest BCUT2D eigenvalue weighted by Crippen LogP contribution is 2.29. The van der Waals surface area contributed by atoms with Gasteiger partial charge in [0.1, 0.15) is 11.9 Å². The number of alkyl halides is 3. The van der Waals surface area contributed by atoms with E-state index in [1.165, 1.54) is 0 Å². The van der Waals surface area contributed by atoms with Crippen LogP contribution >= 0.6 is 0 Å². The van der Waals surface area contributed by atoms with Crippen molar-refractivity contribution in [2.45, 2.75) is 26.1 Å². The van der Waals surface area contributed by atoms with E-state index in [9.17, 15) is 18.0 Å². The Morgan fingerprint density at radius 3 is 2.37 bits per heavy atom. The largest absolute Gasteiger partial charge is 0.433 e. The van der Waals surface area contributed by atoms with Crippen molar-refractivity contribution in [1.29, 1.82) is 0 Å². The second kappa shape index (κ2) is 5.29. The molecule has 0 saturated heterocycles. The molecule has 0 radical (unpaired) electrons. The summed E-state index contributed by atoms with van der Waals surface area (Å²) >= 11 is 0. The highest BCUT2D eigenvalue weighted by atomic mass is 19.4. The summed E-state index contributed by atoms with van der Waals surface area (Å²) in [5, 5.41) is 2.53. The molecule has 0 aliphatic rings. The molecule has 0 aliphatic heterocycles. The van der Waals surface area contributed by atoms with E-state index in [0.717, 1.165) is 0 Å². The van der Waals surface area contributed by atoms with E-state index >= 15 is 0 Å². The molecule has 0 spiro atoms. The molecule has 1 amide bonds. The SMILES string of the molecule is CC(C)C(Nc1cc(C(F)(F)F)nc(N)n1)C(N)=O. The summed E-state index contributed by atoms with van der Waals surface area (Å²) < 4.78 is 37.6. The molecule has 1 aromatic rings. The van der Waals surface area contributed by atoms with Crippen LogP contribution in [-0.2, 0) is 11.0 Å². The van der Waals surface area contributed by atoms with Gasteiger partial charge in [-0.25, -0.2) is 4.98 Å². The molecule has 0 fully saturated rings. The number of nitrogen functional groups attached to an aromatic ring is 1. The molecule has 6 nitrogen and oxygen atoms in total. The molecule has 9 heteroatoms. The molecule has 0 aromatic carbocycles. The monoisotopic (exact) mass is 277 g/mol. The average Bonchev–Trinajstić information content (AvgIpc) is 2.23. The average molecular weight is 277 g/mol. The first kappa shape index (κ1) is 15.0. The molecule has 1 rings (SSSR count). The summed E-state index contributed by atoms with van der Waals surface area (Å²) in [5.74, 6) is -1.65. The van der Waals surface area contributed by atoms with Crippen molar-refractivity contribution >= 4 is 17.7 Å². The molecule has 5 N–H and O–H groups in total. The first-order chi connectivity index (χ1) is 8.61. The van der Waals surface area contributed by atoms with Crippen LogP contribution in [0.1, 0.15) is 19.5 Å². The minimum Gasteiger partial charge on any atom is -0.368 e. The molecular formula is C10H14F3N5O. The van der Waals surface area contributed by atoms with Gasteiger partial charge in [-0.2, -0.15) is 18.2 Å². The van der Waals surface area contributed by atoms with Crippen molar-refractivity contribution in [3.05, 3.63) is 11.8 Å². The maximum atomic E-state index is 12.5. The molecule has 1 atom stereocenters. The normalized spacial score (nSPS) is 13.4. The fraction of sp³-hybridized carbons (Fsp3) is 0.500. The molecule has 1 heterocycles. The molecule has 0 aliphatic carbocycles. The summed E-state index contributed by atoms with van der Waals surface area (Å²) in [4.78, 5) is 17.9. The zero-order valence-corrected chi connectivity index (χ0v) is 10.3. The zero-order valence-electron chi connectivity index (χ0n) is 10.3. The molecular weight excluding hydrogens is 263 g/mol. The van der Waals surface area contributed by atoms with E-state index in [0.29, 0.717) is 6.07 Å². The Morgan fingerprint density at radius 2 is 1.95 bits per heavy atom. The van der Waals surface area contributed by atoms with Gasteiger partial charge in [0.15, 0.2) is 5.69 Å². The van der Waals surface area contributed by atoms with Gasteiger partial charge >= 0.3 is 6.18 Å². The van der Waals surface area contributed by atoms with Gasteiger partial charge < -0.3 is 16.8 Å². The van der Waals surface area contributed by atoms with Gasteiger partial charge in [-0.05, 0) is 5.92 Å². The summed E-state index contributed by atoms with van der Waals surface area (Å²) in [6.45, 7) is 3.38. The maximum Gasteiger partial charge on any atom is 0.433 e. The number of nitrogens with two attached hydrogens (primary N) is 2. The number of amides is 1. The van der Waals surface area contributed by atoms with Gasteiger partial charge in [0, 0.05) is 6.07 Å². The first-order valence-corrected chi connectivity index (χ1v) is 5.39. The van der Waals surface area contributed by atoms with Crippen LogP contribution in [0.2, 0.25) is 0 Å². The second-order valence-electron chi connectivity index (χ2n) is 4.26. The molecule has 0 saturated carbocycles. The quantitative estimate of drug-likeness (QED) is 0.761. The molecule has 1 aromatic heterocycles. The number of carbonyl (C=O) groups is 1. The Kier molecular flexibility index (Phi) is 4.17. The number of halogens is 3. The summed E-state index contributed by atoms with van der Waals surface area (Å²) in [6, 6.07) is -0.176. The lowest BCUT2D eigenvalue weighted by Crippen LogP contribution is -2.39. The lowest BCUT2D eigenvalue weighted by Gasteiger charge is -2.20. The van der Waals surface area contributed by atoms with E-state index < -0.39 is 29.8 Å². The molecule has 0 bridgehead atoms. The van der Waals surface area contributed by atoms with Crippen LogP contribution in [0.5, 0.6) is 0 Å². The number of hydrogen-bond acceptors (Lipinski definition) is 5. The van der Waals surface area contributed by atoms with Crippen LogP contribution in [0.4, 0.5) is 24.9 Å². The number of aromatic nitrogens is 2. The fourth-order valence-corrected chi connectivity index (χ4v) is 1.41. The topological polar surface area (TPSA) is 107 Å². The lowest BCUT2D eigenvalue weighted by atomic mass is 10.0. The standard InChI is InChI=1S/C10H14F3N5O/c1-4(2)7(8(14)19)17-6-3-5(10(11,12)13)16-9(15)18-6/h3-4,7H,1-2H3,(H2,14,19)(H3,15,16,17,18). The van der Waals surface area contributed by atoms with E-state index in [1.807, 2.05) is 0 Å². The van der Waals surface area contributed by atoms with Crippen LogP contribution in [0, 0.1) is 5.92 Å². The van der Waals surface area contributed by atoms with Gasteiger partial charge in [-0.1, -0.05) is 13.8 Å². The van der Waals surface area contributed by atoms with Crippen molar-refractivity contribution in [3.8, 4) is 0 Å². The first-order valence-electron chi connectivity index (χ1n) is 5.39. The van der Waals surface area contributed by atoms with Crippen LogP contribution in [0.25, 0.3) is 0 Å². The maximum absolute atomic E-state index is 12.5. The Balaban J connectivity index is 3.08. The Hall–Kier alpha value is -2.06. The second-order valence-corrected chi connectivity index (χ2v) is 4.26. The number of rotatable bonds is 4. The lowest BCUT2D eigenvalue weighted by molar-refractivity contribution is -0.141. The predicted octanol–water partition coefficient (Wildman–Crippen LogP) is 0.999. The third-order valence-electron chi connectivity index (χ3n) is 2.31. The number of nitrogens with one attached hydrogen (secondary N) is 1. The minimum absolute atomic E-state index is 0.197. The van der Waals surface area contributed by atoms with Crippen LogP contribution in [-0.4, -0.2) is 21.9 Å². The number of hydrogen-bond donors (Lipinski definition) is 3. The van der Waals surface area contributed by atoms with Gasteiger partial charge in [0.25, 0.3) is 0 Å². The predicted molar refractivity (Wildman–Crippen MR) is 62.9 cm³/mol. The number of carbonyl (C=O) groups excluding carboxylic acids is 1. The fourth-order valence-electron chi connectivity index (χ4n) is 1.41. The third kappa shape index (κ3) is 3.97. The van der Waals surface area contributed by atoms with Crippen molar-refractivity contribution in [3.63, 3.8) is 0 Å². The van der Waals surface area contributed by atoms with Crippen LogP contribution < -0.4 is 16.8 Å². The van der Waals surface area contributed by atoms with Crippen LogP contribution in [0.3, 0.4) is 0 Å². The molecule has 19 heavy (non-hydrogen) atoms. The smallest absolute Gasteiger partial charge is 0.368 e. The van der Waals surface area contributed by atoms with Crippen LogP contribution in [0.15, 0.2) is 6.07 Å². The Labute approximate surface area is 107 Å². The van der Waals surface area contributed by atoms with Gasteiger partial charge in [-0.15, -0.1) is 0 Å².